The minimum Gasteiger partial charge on any atom is -0.365 e. The number of amides is 1. The van der Waals surface area contributed by atoms with Gasteiger partial charge in [0.2, 0.25) is 0 Å². The van der Waals surface area contributed by atoms with Crippen LogP contribution in [0, 0.1) is 5.82 Å². The Labute approximate surface area is 77.0 Å². The molecule has 2 aromatic heterocycles. The van der Waals surface area contributed by atoms with E-state index in [0.717, 1.165) is 17.5 Å². The summed E-state index contributed by atoms with van der Waals surface area (Å²) in [7, 11) is 0. The Morgan fingerprint density at radius 1 is 1.54 bits per heavy atom. The second kappa shape index (κ2) is 2.77. The molecule has 66 valence electrons. The minimum atomic E-state index is -0.541. The van der Waals surface area contributed by atoms with Crippen LogP contribution in [0.3, 0.4) is 0 Å². The van der Waals surface area contributed by atoms with E-state index in [1.807, 2.05) is 0 Å². The van der Waals surface area contributed by atoms with Gasteiger partial charge in [0.15, 0.2) is 0 Å². The van der Waals surface area contributed by atoms with E-state index in [1.165, 1.54) is 12.3 Å². The van der Waals surface area contributed by atoms with Crippen LogP contribution in [-0.4, -0.2) is 10.9 Å². The van der Waals surface area contributed by atoms with Gasteiger partial charge in [-0.05, 0) is 6.07 Å². The van der Waals surface area contributed by atoms with Crippen molar-refractivity contribution < 1.29 is 9.18 Å². The molecule has 2 heterocycles. The number of nitrogens with two attached hydrogens (primary N) is 1. The van der Waals surface area contributed by atoms with E-state index in [4.69, 9.17) is 5.73 Å². The van der Waals surface area contributed by atoms with Gasteiger partial charge in [-0.2, -0.15) is 0 Å². The first-order valence-electron chi connectivity index (χ1n) is 3.51. The average Bonchev–Trinajstić information content (AvgIpc) is 2.49. The number of pyridine rings is 1. The Hall–Kier alpha value is -1.49. The molecule has 0 atom stereocenters. The number of thiophene rings is 1. The summed E-state index contributed by atoms with van der Waals surface area (Å²) in [6.45, 7) is 0. The monoisotopic (exact) mass is 196 g/mol. The summed E-state index contributed by atoms with van der Waals surface area (Å²) in [5, 5.41) is 0.397. The van der Waals surface area contributed by atoms with E-state index >= 15 is 0 Å². The largest absolute Gasteiger partial charge is 0.365 e. The van der Waals surface area contributed by atoms with Crippen LogP contribution < -0.4 is 5.73 Å². The molecule has 2 N–H and O–H groups in total. The maximum atomic E-state index is 13.1. The highest BCUT2D eigenvalue weighted by Crippen LogP contribution is 2.26. The van der Waals surface area contributed by atoms with Crippen molar-refractivity contribution in [2.75, 3.05) is 0 Å². The lowest BCUT2D eigenvalue weighted by atomic mass is 10.3. The van der Waals surface area contributed by atoms with Gasteiger partial charge in [-0.25, -0.2) is 4.39 Å². The van der Waals surface area contributed by atoms with Crippen LogP contribution in [0.4, 0.5) is 4.39 Å². The maximum absolute atomic E-state index is 13.1. The van der Waals surface area contributed by atoms with Crippen molar-refractivity contribution in [1.29, 1.82) is 0 Å². The van der Waals surface area contributed by atoms with Gasteiger partial charge < -0.3 is 5.73 Å². The average molecular weight is 196 g/mol. The summed E-state index contributed by atoms with van der Waals surface area (Å²) >= 11 is 1.14. The van der Waals surface area contributed by atoms with Crippen molar-refractivity contribution in [3.8, 4) is 0 Å². The Bertz CT molecular complexity index is 480. The standard InChI is InChI=1S/C8H5FN2OS/c9-5-2-11-3-7-4(5)1-6(13-7)8(10)12/h1-3H,(H2,10,12). The Kier molecular flexibility index (Phi) is 1.73. The molecule has 0 saturated heterocycles. The summed E-state index contributed by atoms with van der Waals surface area (Å²) in [6, 6.07) is 1.44. The molecule has 5 heteroatoms. The number of hydrogen-bond acceptors (Lipinski definition) is 3. The first-order chi connectivity index (χ1) is 6.18. The molecule has 0 aliphatic heterocycles. The maximum Gasteiger partial charge on any atom is 0.258 e. The third kappa shape index (κ3) is 1.27. The molecule has 2 rings (SSSR count). The van der Waals surface area contributed by atoms with Gasteiger partial charge in [0.05, 0.1) is 15.8 Å². The molecule has 0 bridgehead atoms. The van der Waals surface area contributed by atoms with E-state index in [1.54, 1.807) is 0 Å². The highest BCUT2D eigenvalue weighted by atomic mass is 32.1. The number of aromatic nitrogens is 1. The third-order valence-corrected chi connectivity index (χ3v) is 2.72. The van der Waals surface area contributed by atoms with Crippen molar-refractivity contribution in [1.82, 2.24) is 4.98 Å². The molecular formula is C8H5FN2OS. The van der Waals surface area contributed by atoms with Gasteiger partial charge in [-0.1, -0.05) is 0 Å². The van der Waals surface area contributed by atoms with Crippen LogP contribution in [0.25, 0.3) is 10.1 Å². The molecule has 0 saturated carbocycles. The number of nitrogens with zero attached hydrogens (tertiary/aromatic N) is 1. The van der Waals surface area contributed by atoms with Gasteiger partial charge in [-0.15, -0.1) is 11.3 Å². The molecule has 13 heavy (non-hydrogen) atoms. The Balaban J connectivity index is 2.75. The zero-order valence-corrected chi connectivity index (χ0v) is 7.27. The van der Waals surface area contributed by atoms with Crippen LogP contribution in [0.1, 0.15) is 9.67 Å². The summed E-state index contributed by atoms with van der Waals surface area (Å²) in [5.74, 6) is -0.971. The number of carbonyl (C=O) groups is 1. The Morgan fingerprint density at radius 2 is 2.31 bits per heavy atom. The zero-order valence-electron chi connectivity index (χ0n) is 6.45. The van der Waals surface area contributed by atoms with E-state index in [0.29, 0.717) is 15.0 Å². The van der Waals surface area contributed by atoms with Crippen molar-refractivity contribution in [2.45, 2.75) is 0 Å². The predicted molar refractivity (Wildman–Crippen MR) is 48.1 cm³/mol. The SMILES string of the molecule is NC(=O)c1cc2c(F)cncc2s1. The molecular weight excluding hydrogens is 191 g/mol. The fourth-order valence-electron chi connectivity index (χ4n) is 1.05. The lowest BCUT2D eigenvalue weighted by molar-refractivity contribution is 0.100. The van der Waals surface area contributed by atoms with Crippen molar-refractivity contribution in [3.63, 3.8) is 0 Å². The highest BCUT2D eigenvalue weighted by molar-refractivity contribution is 7.20. The lowest BCUT2D eigenvalue weighted by Crippen LogP contribution is -2.08. The summed E-state index contributed by atoms with van der Waals surface area (Å²) in [5.41, 5.74) is 5.06. The van der Waals surface area contributed by atoms with Crippen molar-refractivity contribution in [2.24, 2.45) is 5.73 Å². The molecule has 0 fully saturated rings. The number of hydrogen-bond donors (Lipinski definition) is 1. The van der Waals surface area contributed by atoms with Gasteiger partial charge in [0.1, 0.15) is 5.82 Å². The van der Waals surface area contributed by atoms with Gasteiger partial charge >= 0.3 is 0 Å². The van der Waals surface area contributed by atoms with Crippen LogP contribution in [-0.2, 0) is 0 Å². The highest BCUT2D eigenvalue weighted by Gasteiger charge is 2.09. The van der Waals surface area contributed by atoms with Crippen LogP contribution in [0.5, 0.6) is 0 Å². The van der Waals surface area contributed by atoms with E-state index < -0.39 is 11.7 Å². The molecule has 0 radical (unpaired) electrons. The number of fused-ring (bicyclic) bond motifs is 1. The Morgan fingerprint density at radius 3 is 2.92 bits per heavy atom. The normalized spacial score (nSPS) is 10.5. The van der Waals surface area contributed by atoms with Gasteiger partial charge in [0, 0.05) is 11.6 Å². The molecule has 1 amide bonds. The topological polar surface area (TPSA) is 56.0 Å². The fraction of sp³-hybridized carbons (Fsp3) is 0. The quantitative estimate of drug-likeness (QED) is 0.752. The molecule has 0 aliphatic rings. The van der Waals surface area contributed by atoms with Crippen LogP contribution in [0.2, 0.25) is 0 Å². The second-order valence-corrected chi connectivity index (χ2v) is 3.59. The number of carbonyl (C=O) groups excluding carboxylic acids is 1. The summed E-state index contributed by atoms with van der Waals surface area (Å²) in [6.07, 6.45) is 2.62. The zero-order chi connectivity index (χ0) is 9.42. The van der Waals surface area contributed by atoms with Crippen molar-refractivity contribution >= 4 is 27.3 Å². The third-order valence-electron chi connectivity index (χ3n) is 1.64. The van der Waals surface area contributed by atoms with Gasteiger partial charge in [0.25, 0.3) is 5.91 Å². The molecule has 0 spiro atoms. The first kappa shape index (κ1) is 8.12. The van der Waals surface area contributed by atoms with Gasteiger partial charge in [-0.3, -0.25) is 9.78 Å². The smallest absolute Gasteiger partial charge is 0.258 e. The first-order valence-corrected chi connectivity index (χ1v) is 4.33. The number of rotatable bonds is 1. The molecule has 3 nitrogen and oxygen atoms in total. The van der Waals surface area contributed by atoms with E-state index in [-0.39, 0.29) is 0 Å². The lowest BCUT2D eigenvalue weighted by Gasteiger charge is -1.87. The molecule has 0 aliphatic carbocycles. The summed E-state index contributed by atoms with van der Waals surface area (Å²) in [4.78, 5) is 14.8. The fourth-order valence-corrected chi connectivity index (χ4v) is 1.94. The van der Waals surface area contributed by atoms with Crippen LogP contribution >= 0.6 is 11.3 Å². The van der Waals surface area contributed by atoms with Crippen LogP contribution in [0.15, 0.2) is 18.5 Å². The molecule has 2 aromatic rings. The molecule has 0 aromatic carbocycles. The van der Waals surface area contributed by atoms with E-state index in [2.05, 4.69) is 4.98 Å². The number of primary amides is 1. The number of halogens is 1. The summed E-state index contributed by atoms with van der Waals surface area (Å²) < 4.78 is 13.7. The predicted octanol–water partition coefficient (Wildman–Crippen LogP) is 1.53. The van der Waals surface area contributed by atoms with E-state index in [9.17, 15) is 9.18 Å². The minimum absolute atomic E-state index is 0.349. The van der Waals surface area contributed by atoms with Crippen molar-refractivity contribution in [3.05, 3.63) is 29.2 Å². The second-order valence-electron chi connectivity index (χ2n) is 2.51. The molecule has 0 unspecified atom stereocenters.